The van der Waals surface area contributed by atoms with E-state index in [0.29, 0.717) is 19.4 Å². The lowest BCUT2D eigenvalue weighted by atomic mass is 9.98. The maximum atomic E-state index is 12.4. The average Bonchev–Trinajstić information content (AvgIpc) is 3.09. The highest BCUT2D eigenvalue weighted by molar-refractivity contribution is 5.81. The molecule has 0 heterocycles. The SMILES string of the molecule is CCCN(CC(=O)O)C(=O)CCC(C)NC(=O)OCC1c2ccccc2-c2ccccc21. The van der Waals surface area contributed by atoms with E-state index in [1.165, 1.54) is 16.0 Å². The zero-order valence-corrected chi connectivity index (χ0v) is 18.5. The molecule has 170 valence electrons. The zero-order chi connectivity index (χ0) is 23.1. The monoisotopic (exact) mass is 438 g/mol. The average molecular weight is 439 g/mol. The van der Waals surface area contributed by atoms with Crippen LogP contribution in [-0.2, 0) is 14.3 Å². The minimum atomic E-state index is -1.03. The summed E-state index contributed by atoms with van der Waals surface area (Å²) in [6.45, 7) is 4.02. The van der Waals surface area contributed by atoms with Crippen LogP contribution >= 0.6 is 0 Å². The van der Waals surface area contributed by atoms with Crippen molar-refractivity contribution in [2.24, 2.45) is 0 Å². The number of ether oxygens (including phenoxy) is 1. The first-order valence-corrected chi connectivity index (χ1v) is 11.0. The van der Waals surface area contributed by atoms with E-state index in [-0.39, 0.29) is 37.4 Å². The van der Waals surface area contributed by atoms with Crippen molar-refractivity contribution in [2.45, 2.75) is 45.1 Å². The van der Waals surface area contributed by atoms with Crippen molar-refractivity contribution in [1.82, 2.24) is 10.2 Å². The van der Waals surface area contributed by atoms with Gasteiger partial charge < -0.3 is 20.1 Å². The second-order valence-corrected chi connectivity index (χ2v) is 8.12. The molecular weight excluding hydrogens is 408 g/mol. The molecule has 1 aliphatic rings. The first-order chi connectivity index (χ1) is 15.4. The molecule has 7 nitrogen and oxygen atoms in total. The van der Waals surface area contributed by atoms with E-state index in [1.54, 1.807) is 6.92 Å². The summed E-state index contributed by atoms with van der Waals surface area (Å²) in [6, 6.07) is 16.0. The fraction of sp³-hybridized carbons (Fsp3) is 0.400. The topological polar surface area (TPSA) is 95.9 Å². The van der Waals surface area contributed by atoms with E-state index in [1.807, 2.05) is 31.2 Å². The molecule has 2 aromatic carbocycles. The summed E-state index contributed by atoms with van der Waals surface area (Å²) in [6.07, 6.45) is 0.732. The number of nitrogens with one attached hydrogen (secondary N) is 1. The smallest absolute Gasteiger partial charge is 0.407 e. The van der Waals surface area contributed by atoms with E-state index < -0.39 is 12.1 Å². The van der Waals surface area contributed by atoms with Gasteiger partial charge in [0.05, 0.1) is 0 Å². The number of aliphatic carboxylic acids is 1. The maximum Gasteiger partial charge on any atom is 0.407 e. The Labute approximate surface area is 188 Å². The lowest BCUT2D eigenvalue weighted by Crippen LogP contribution is -2.38. The number of nitrogens with zero attached hydrogens (tertiary/aromatic N) is 1. The molecule has 1 unspecified atom stereocenters. The third-order valence-corrected chi connectivity index (χ3v) is 5.67. The molecule has 0 aliphatic heterocycles. The van der Waals surface area contributed by atoms with Gasteiger partial charge in [-0.2, -0.15) is 0 Å². The molecule has 1 aliphatic carbocycles. The van der Waals surface area contributed by atoms with Gasteiger partial charge in [-0.25, -0.2) is 4.79 Å². The molecule has 2 N–H and O–H groups in total. The number of benzene rings is 2. The molecule has 0 bridgehead atoms. The third-order valence-electron chi connectivity index (χ3n) is 5.67. The molecule has 7 heteroatoms. The summed E-state index contributed by atoms with van der Waals surface area (Å²) in [5.41, 5.74) is 4.63. The highest BCUT2D eigenvalue weighted by Crippen LogP contribution is 2.44. The Morgan fingerprint density at radius 2 is 1.66 bits per heavy atom. The van der Waals surface area contributed by atoms with Crippen molar-refractivity contribution >= 4 is 18.0 Å². The molecule has 3 rings (SSSR count). The van der Waals surface area contributed by atoms with E-state index in [0.717, 1.165) is 11.1 Å². The molecule has 1 atom stereocenters. The Hall–Kier alpha value is -3.35. The lowest BCUT2D eigenvalue weighted by Gasteiger charge is -2.21. The van der Waals surface area contributed by atoms with Gasteiger partial charge in [-0.1, -0.05) is 55.5 Å². The van der Waals surface area contributed by atoms with Crippen LogP contribution in [0.1, 0.15) is 50.2 Å². The number of carbonyl (C=O) groups is 3. The predicted octanol–water partition coefficient (Wildman–Crippen LogP) is 4.02. The normalized spacial score (nSPS) is 13.1. The van der Waals surface area contributed by atoms with Gasteiger partial charge in [0.25, 0.3) is 0 Å². The fourth-order valence-electron chi connectivity index (χ4n) is 4.14. The van der Waals surface area contributed by atoms with Crippen LogP contribution in [0.2, 0.25) is 0 Å². The Morgan fingerprint density at radius 1 is 1.06 bits per heavy atom. The number of amides is 2. The standard InChI is InChI=1S/C25H30N2O5/c1-3-14-27(15-24(29)30)23(28)13-12-17(2)26-25(31)32-16-22-20-10-6-4-8-18(20)19-9-5-7-11-21(19)22/h4-11,17,22H,3,12-16H2,1-2H3,(H,26,31)(H,29,30). The van der Waals surface area contributed by atoms with Crippen molar-refractivity contribution in [3.63, 3.8) is 0 Å². The molecular formula is C25H30N2O5. The van der Waals surface area contributed by atoms with Gasteiger partial charge in [-0.3, -0.25) is 9.59 Å². The molecule has 32 heavy (non-hydrogen) atoms. The largest absolute Gasteiger partial charge is 0.480 e. The van der Waals surface area contributed by atoms with Gasteiger partial charge in [0, 0.05) is 24.9 Å². The number of rotatable bonds is 10. The maximum absolute atomic E-state index is 12.4. The highest BCUT2D eigenvalue weighted by atomic mass is 16.5. The quantitative estimate of drug-likeness (QED) is 0.584. The highest BCUT2D eigenvalue weighted by Gasteiger charge is 2.29. The molecule has 0 fully saturated rings. The van der Waals surface area contributed by atoms with Crippen LogP contribution < -0.4 is 5.32 Å². The van der Waals surface area contributed by atoms with Crippen LogP contribution in [0.5, 0.6) is 0 Å². The summed E-state index contributed by atoms with van der Waals surface area (Å²) < 4.78 is 5.53. The van der Waals surface area contributed by atoms with Crippen LogP contribution in [0.25, 0.3) is 11.1 Å². The van der Waals surface area contributed by atoms with Gasteiger partial charge in [0.15, 0.2) is 0 Å². The van der Waals surface area contributed by atoms with E-state index in [9.17, 15) is 14.4 Å². The van der Waals surface area contributed by atoms with Crippen molar-refractivity contribution in [2.75, 3.05) is 19.7 Å². The van der Waals surface area contributed by atoms with Crippen molar-refractivity contribution in [1.29, 1.82) is 0 Å². The van der Waals surface area contributed by atoms with Gasteiger partial charge in [-0.15, -0.1) is 0 Å². The van der Waals surface area contributed by atoms with Gasteiger partial charge in [-0.05, 0) is 42.0 Å². The minimum Gasteiger partial charge on any atom is -0.480 e. The van der Waals surface area contributed by atoms with Crippen LogP contribution in [0.3, 0.4) is 0 Å². The van der Waals surface area contributed by atoms with E-state index in [4.69, 9.17) is 9.84 Å². The molecule has 0 saturated carbocycles. The Kier molecular flexibility index (Phi) is 7.87. The molecule has 0 radical (unpaired) electrons. The summed E-state index contributed by atoms with van der Waals surface area (Å²) in [7, 11) is 0. The minimum absolute atomic E-state index is 0.0105. The first kappa shape index (κ1) is 23.3. The van der Waals surface area contributed by atoms with Crippen molar-refractivity contribution < 1.29 is 24.2 Å². The van der Waals surface area contributed by atoms with E-state index in [2.05, 4.69) is 29.6 Å². The molecule has 2 aromatic rings. The van der Waals surface area contributed by atoms with Crippen molar-refractivity contribution in [3.05, 3.63) is 59.7 Å². The second-order valence-electron chi connectivity index (χ2n) is 8.12. The third kappa shape index (κ3) is 5.66. The van der Waals surface area contributed by atoms with Crippen LogP contribution in [0, 0.1) is 0 Å². The first-order valence-electron chi connectivity index (χ1n) is 11.0. The summed E-state index contributed by atoms with van der Waals surface area (Å²) in [4.78, 5) is 36.9. The number of carbonyl (C=O) groups excluding carboxylic acids is 2. The molecule has 0 aromatic heterocycles. The number of carboxylic acids is 1. The van der Waals surface area contributed by atoms with Crippen LogP contribution in [0.15, 0.2) is 48.5 Å². The van der Waals surface area contributed by atoms with Crippen LogP contribution in [-0.4, -0.2) is 53.7 Å². The van der Waals surface area contributed by atoms with Crippen LogP contribution in [0.4, 0.5) is 4.79 Å². The number of fused-ring (bicyclic) bond motifs is 3. The Balaban J connectivity index is 1.50. The summed E-state index contributed by atoms with van der Waals surface area (Å²) >= 11 is 0. The zero-order valence-electron chi connectivity index (χ0n) is 18.5. The molecule has 2 amide bonds. The van der Waals surface area contributed by atoms with Crippen molar-refractivity contribution in [3.8, 4) is 11.1 Å². The summed E-state index contributed by atoms with van der Waals surface area (Å²) in [5.74, 6) is -1.27. The number of alkyl carbamates (subject to hydrolysis) is 1. The Bertz CT molecular complexity index is 929. The predicted molar refractivity (Wildman–Crippen MR) is 121 cm³/mol. The summed E-state index contributed by atoms with van der Waals surface area (Å²) in [5, 5.41) is 11.7. The second kappa shape index (κ2) is 10.8. The van der Waals surface area contributed by atoms with E-state index >= 15 is 0 Å². The van der Waals surface area contributed by atoms with Gasteiger partial charge in [0.1, 0.15) is 13.2 Å². The number of hydrogen-bond donors (Lipinski definition) is 2. The fourth-order valence-corrected chi connectivity index (χ4v) is 4.14. The van der Waals surface area contributed by atoms with Gasteiger partial charge in [0.2, 0.25) is 5.91 Å². The molecule has 0 spiro atoms. The number of hydrogen-bond acceptors (Lipinski definition) is 4. The molecule has 0 saturated heterocycles. The number of carboxylic acid groups (broad SMARTS) is 1. The lowest BCUT2D eigenvalue weighted by molar-refractivity contribution is -0.144. The Morgan fingerprint density at radius 3 is 2.22 bits per heavy atom. The van der Waals surface area contributed by atoms with Gasteiger partial charge >= 0.3 is 12.1 Å².